The molecular formula is C16H22BrFN2O. The molecule has 0 atom stereocenters. The van der Waals surface area contributed by atoms with Crippen molar-refractivity contribution in [1.82, 2.24) is 9.80 Å². The van der Waals surface area contributed by atoms with Crippen molar-refractivity contribution in [2.45, 2.75) is 25.7 Å². The Balaban J connectivity index is 0.000000225. The summed E-state index contributed by atoms with van der Waals surface area (Å²) in [6.45, 7) is 4.13. The Morgan fingerprint density at radius 2 is 1.67 bits per heavy atom. The van der Waals surface area contributed by atoms with E-state index in [0.29, 0.717) is 4.47 Å². The lowest BCUT2D eigenvalue weighted by Gasteiger charge is -2.15. The predicted octanol–water partition coefficient (Wildman–Crippen LogP) is 3.54. The largest absolute Gasteiger partial charge is 0.339 e. The lowest BCUT2D eigenvalue weighted by molar-refractivity contribution is 0.0788. The number of carbonyl (C=O) groups excluding carboxylic acids is 1. The number of likely N-dealkylation sites (tertiary alicyclic amines) is 2. The maximum Gasteiger partial charge on any atom is 0.256 e. The molecule has 2 saturated heterocycles. The molecule has 2 aliphatic heterocycles. The Kier molecular flexibility index (Phi) is 6.18. The topological polar surface area (TPSA) is 23.6 Å². The third-order valence-corrected chi connectivity index (χ3v) is 4.38. The van der Waals surface area contributed by atoms with E-state index in [1.807, 2.05) is 0 Å². The van der Waals surface area contributed by atoms with Crippen molar-refractivity contribution in [3.63, 3.8) is 0 Å². The molecule has 0 radical (unpaired) electrons. The van der Waals surface area contributed by atoms with Crippen molar-refractivity contribution in [1.29, 1.82) is 0 Å². The second-order valence-electron chi connectivity index (χ2n) is 5.63. The van der Waals surface area contributed by atoms with Crippen molar-refractivity contribution >= 4 is 21.8 Å². The minimum atomic E-state index is -0.457. The van der Waals surface area contributed by atoms with Gasteiger partial charge < -0.3 is 9.80 Å². The zero-order chi connectivity index (χ0) is 15.2. The van der Waals surface area contributed by atoms with Gasteiger partial charge in [-0.1, -0.05) is 15.9 Å². The SMILES string of the molecule is CN1CCCC1.O=C(c1ccc(Br)cc1F)N1CCCC1. The summed E-state index contributed by atoms with van der Waals surface area (Å²) in [5.74, 6) is -0.654. The first-order valence-electron chi connectivity index (χ1n) is 7.51. The lowest BCUT2D eigenvalue weighted by Crippen LogP contribution is -2.28. The van der Waals surface area contributed by atoms with E-state index in [1.165, 1.54) is 38.1 Å². The first-order chi connectivity index (χ1) is 10.1. The molecule has 2 aliphatic rings. The molecule has 0 saturated carbocycles. The number of amides is 1. The van der Waals surface area contributed by atoms with Crippen LogP contribution in [-0.2, 0) is 0 Å². The van der Waals surface area contributed by atoms with Gasteiger partial charge in [-0.25, -0.2) is 4.39 Å². The van der Waals surface area contributed by atoms with E-state index in [1.54, 1.807) is 11.0 Å². The maximum atomic E-state index is 13.5. The van der Waals surface area contributed by atoms with Gasteiger partial charge in [0.15, 0.2) is 0 Å². The van der Waals surface area contributed by atoms with Crippen molar-refractivity contribution in [3.05, 3.63) is 34.1 Å². The summed E-state index contributed by atoms with van der Waals surface area (Å²) in [5.41, 5.74) is 0.167. The summed E-state index contributed by atoms with van der Waals surface area (Å²) >= 11 is 3.16. The maximum absolute atomic E-state index is 13.5. The molecule has 1 aromatic rings. The molecule has 0 aliphatic carbocycles. The number of carbonyl (C=O) groups is 1. The second-order valence-corrected chi connectivity index (χ2v) is 6.55. The van der Waals surface area contributed by atoms with E-state index < -0.39 is 5.82 Å². The van der Waals surface area contributed by atoms with Crippen LogP contribution < -0.4 is 0 Å². The standard InChI is InChI=1S/C11H11BrFNO.C5H11N/c12-8-3-4-9(10(13)7-8)11(15)14-5-1-2-6-14;1-6-4-2-3-5-6/h3-4,7H,1-2,5-6H2;2-5H2,1H3. The predicted molar refractivity (Wildman–Crippen MR) is 86.0 cm³/mol. The van der Waals surface area contributed by atoms with E-state index >= 15 is 0 Å². The molecule has 2 fully saturated rings. The highest BCUT2D eigenvalue weighted by Gasteiger charge is 2.21. The van der Waals surface area contributed by atoms with Gasteiger partial charge in [0, 0.05) is 17.6 Å². The van der Waals surface area contributed by atoms with Gasteiger partial charge in [-0.15, -0.1) is 0 Å². The summed E-state index contributed by atoms with van der Waals surface area (Å²) in [6.07, 6.45) is 4.86. The molecule has 0 spiro atoms. The van der Waals surface area contributed by atoms with Gasteiger partial charge in [0.25, 0.3) is 5.91 Å². The Morgan fingerprint density at radius 1 is 1.10 bits per heavy atom. The summed E-state index contributed by atoms with van der Waals surface area (Å²) in [4.78, 5) is 15.9. The zero-order valence-corrected chi connectivity index (χ0v) is 14.0. The number of hydrogen-bond donors (Lipinski definition) is 0. The molecule has 116 valence electrons. The van der Waals surface area contributed by atoms with Crippen LogP contribution in [0, 0.1) is 5.82 Å². The van der Waals surface area contributed by atoms with Gasteiger partial charge in [0.05, 0.1) is 5.56 Å². The molecule has 1 aromatic carbocycles. The minimum absolute atomic E-state index is 0.167. The van der Waals surface area contributed by atoms with E-state index in [9.17, 15) is 9.18 Å². The molecular weight excluding hydrogens is 335 g/mol. The third kappa shape index (κ3) is 4.78. The minimum Gasteiger partial charge on any atom is -0.339 e. The summed E-state index contributed by atoms with van der Waals surface area (Å²) in [6, 6.07) is 4.54. The van der Waals surface area contributed by atoms with Crippen LogP contribution in [0.2, 0.25) is 0 Å². The van der Waals surface area contributed by atoms with Crippen molar-refractivity contribution in [3.8, 4) is 0 Å². The normalized spacial score (nSPS) is 18.5. The van der Waals surface area contributed by atoms with Crippen LogP contribution >= 0.6 is 15.9 Å². The molecule has 2 heterocycles. The summed E-state index contributed by atoms with van der Waals surface area (Å²) in [5, 5.41) is 0. The average Bonchev–Trinajstić information content (AvgIpc) is 3.11. The monoisotopic (exact) mass is 356 g/mol. The smallest absolute Gasteiger partial charge is 0.256 e. The molecule has 3 nitrogen and oxygen atoms in total. The first kappa shape index (κ1) is 16.4. The molecule has 0 N–H and O–H groups in total. The molecule has 0 aromatic heterocycles. The molecule has 21 heavy (non-hydrogen) atoms. The van der Waals surface area contributed by atoms with Crippen LogP contribution in [-0.4, -0.2) is 48.9 Å². The van der Waals surface area contributed by atoms with Gasteiger partial charge in [-0.05, 0) is 64.0 Å². The summed E-state index contributed by atoms with van der Waals surface area (Å²) in [7, 11) is 2.17. The van der Waals surface area contributed by atoms with Gasteiger partial charge in [0.1, 0.15) is 5.82 Å². The lowest BCUT2D eigenvalue weighted by atomic mass is 10.2. The van der Waals surface area contributed by atoms with Gasteiger partial charge in [-0.2, -0.15) is 0 Å². The van der Waals surface area contributed by atoms with Gasteiger partial charge in [0.2, 0.25) is 0 Å². The Hall–Kier alpha value is -0.940. The molecule has 5 heteroatoms. The second kappa shape index (κ2) is 7.90. The van der Waals surface area contributed by atoms with Crippen molar-refractivity contribution < 1.29 is 9.18 Å². The molecule has 3 rings (SSSR count). The Morgan fingerprint density at radius 3 is 2.14 bits per heavy atom. The van der Waals surface area contributed by atoms with Gasteiger partial charge >= 0.3 is 0 Å². The highest BCUT2D eigenvalue weighted by Crippen LogP contribution is 2.19. The highest BCUT2D eigenvalue weighted by atomic mass is 79.9. The van der Waals surface area contributed by atoms with Crippen LogP contribution in [0.25, 0.3) is 0 Å². The Bertz CT molecular complexity index is 483. The van der Waals surface area contributed by atoms with E-state index in [0.717, 1.165) is 25.9 Å². The van der Waals surface area contributed by atoms with Crippen LogP contribution in [0.5, 0.6) is 0 Å². The number of halogens is 2. The fourth-order valence-electron chi connectivity index (χ4n) is 2.63. The van der Waals surface area contributed by atoms with Crippen molar-refractivity contribution in [2.75, 3.05) is 33.2 Å². The van der Waals surface area contributed by atoms with Crippen LogP contribution in [0.4, 0.5) is 4.39 Å². The van der Waals surface area contributed by atoms with E-state index in [4.69, 9.17) is 0 Å². The number of hydrogen-bond acceptors (Lipinski definition) is 2. The van der Waals surface area contributed by atoms with E-state index in [-0.39, 0.29) is 11.5 Å². The van der Waals surface area contributed by atoms with E-state index in [2.05, 4.69) is 27.9 Å². The fourth-order valence-corrected chi connectivity index (χ4v) is 2.96. The number of rotatable bonds is 1. The number of nitrogens with zero attached hydrogens (tertiary/aromatic N) is 2. The first-order valence-corrected chi connectivity index (χ1v) is 8.30. The number of benzene rings is 1. The molecule has 1 amide bonds. The zero-order valence-electron chi connectivity index (χ0n) is 12.4. The average molecular weight is 357 g/mol. The third-order valence-electron chi connectivity index (χ3n) is 3.88. The van der Waals surface area contributed by atoms with Crippen LogP contribution in [0.3, 0.4) is 0 Å². The van der Waals surface area contributed by atoms with Crippen molar-refractivity contribution in [2.24, 2.45) is 0 Å². The highest BCUT2D eigenvalue weighted by molar-refractivity contribution is 9.10. The molecule has 0 unspecified atom stereocenters. The Labute approximate surface area is 134 Å². The van der Waals surface area contributed by atoms with Crippen LogP contribution in [0.15, 0.2) is 22.7 Å². The molecule has 0 bridgehead atoms. The van der Waals surface area contributed by atoms with Crippen LogP contribution in [0.1, 0.15) is 36.0 Å². The quantitative estimate of drug-likeness (QED) is 0.768. The van der Waals surface area contributed by atoms with Gasteiger partial charge in [-0.3, -0.25) is 4.79 Å². The summed E-state index contributed by atoms with van der Waals surface area (Å²) < 4.78 is 14.1. The fraction of sp³-hybridized carbons (Fsp3) is 0.562.